The molecule has 34 heavy (non-hydrogen) atoms. The Hall–Kier alpha value is -3.43. The number of hydrogen-bond donors (Lipinski definition) is 1. The summed E-state index contributed by atoms with van der Waals surface area (Å²) in [5.41, 5.74) is 2.20. The SMILES string of the molecule is CC(Sc1nc2ccccc2c(=O)n1Cc1ccccc1)C(=O)c1ccc(NS(C)(=O)=O)cc1. The molecule has 1 atom stereocenters. The Morgan fingerprint density at radius 3 is 2.32 bits per heavy atom. The summed E-state index contributed by atoms with van der Waals surface area (Å²) in [6, 6.07) is 23.0. The van der Waals surface area contributed by atoms with E-state index in [1.54, 1.807) is 54.0 Å². The van der Waals surface area contributed by atoms with E-state index in [1.807, 2.05) is 36.4 Å². The molecule has 0 spiro atoms. The van der Waals surface area contributed by atoms with Gasteiger partial charge in [-0.3, -0.25) is 18.9 Å². The van der Waals surface area contributed by atoms with Gasteiger partial charge in [-0.2, -0.15) is 0 Å². The van der Waals surface area contributed by atoms with Crippen molar-refractivity contribution in [3.8, 4) is 0 Å². The Kier molecular flexibility index (Phi) is 6.85. The zero-order valence-electron chi connectivity index (χ0n) is 18.6. The minimum Gasteiger partial charge on any atom is -0.293 e. The van der Waals surface area contributed by atoms with E-state index in [4.69, 9.17) is 4.98 Å². The van der Waals surface area contributed by atoms with Crippen LogP contribution in [-0.2, 0) is 16.6 Å². The number of Topliss-reactive ketones (excluding diaryl/α,β-unsaturated/α-hetero) is 1. The van der Waals surface area contributed by atoms with Crippen molar-refractivity contribution in [2.75, 3.05) is 11.0 Å². The van der Waals surface area contributed by atoms with Gasteiger partial charge in [0.05, 0.1) is 29.0 Å². The molecule has 4 aromatic rings. The van der Waals surface area contributed by atoms with Gasteiger partial charge in [0, 0.05) is 11.3 Å². The lowest BCUT2D eigenvalue weighted by atomic mass is 10.1. The van der Waals surface area contributed by atoms with Crippen LogP contribution in [0.2, 0.25) is 0 Å². The Morgan fingerprint density at radius 1 is 1.00 bits per heavy atom. The van der Waals surface area contributed by atoms with Crippen molar-refractivity contribution >= 4 is 44.2 Å². The molecule has 1 aromatic heterocycles. The molecule has 3 aromatic carbocycles. The predicted octanol–water partition coefficient (Wildman–Crippen LogP) is 4.18. The molecule has 0 aliphatic rings. The highest BCUT2D eigenvalue weighted by molar-refractivity contribution is 8.00. The third-order valence-electron chi connectivity index (χ3n) is 5.13. The zero-order valence-corrected chi connectivity index (χ0v) is 20.3. The van der Waals surface area contributed by atoms with Crippen LogP contribution in [0.1, 0.15) is 22.8 Å². The van der Waals surface area contributed by atoms with Crippen LogP contribution in [0.25, 0.3) is 10.9 Å². The zero-order chi connectivity index (χ0) is 24.3. The summed E-state index contributed by atoms with van der Waals surface area (Å²) >= 11 is 1.23. The van der Waals surface area contributed by atoms with Gasteiger partial charge in [0.25, 0.3) is 5.56 Å². The second-order valence-electron chi connectivity index (χ2n) is 7.86. The Balaban J connectivity index is 1.64. The number of anilines is 1. The molecule has 1 heterocycles. The van der Waals surface area contributed by atoms with Gasteiger partial charge in [-0.25, -0.2) is 13.4 Å². The molecule has 1 unspecified atom stereocenters. The Bertz CT molecular complexity index is 1500. The molecule has 0 radical (unpaired) electrons. The van der Waals surface area contributed by atoms with Crippen molar-refractivity contribution in [2.24, 2.45) is 0 Å². The van der Waals surface area contributed by atoms with Gasteiger partial charge in [-0.05, 0) is 48.9 Å². The minimum atomic E-state index is -3.40. The summed E-state index contributed by atoms with van der Waals surface area (Å²) in [6.07, 6.45) is 1.07. The number of carbonyl (C=O) groups excluding carboxylic acids is 1. The summed E-state index contributed by atoms with van der Waals surface area (Å²) in [4.78, 5) is 31.1. The lowest BCUT2D eigenvalue weighted by molar-refractivity contribution is 0.0994. The number of aromatic nitrogens is 2. The predicted molar refractivity (Wildman–Crippen MR) is 136 cm³/mol. The first-order valence-corrected chi connectivity index (χ1v) is 13.3. The van der Waals surface area contributed by atoms with E-state index in [0.29, 0.717) is 33.9 Å². The van der Waals surface area contributed by atoms with Crippen LogP contribution in [-0.4, -0.2) is 35.3 Å². The van der Waals surface area contributed by atoms with Gasteiger partial charge in [0.15, 0.2) is 10.9 Å². The molecule has 0 aliphatic heterocycles. The number of carbonyl (C=O) groups is 1. The minimum absolute atomic E-state index is 0.149. The smallest absolute Gasteiger partial charge is 0.262 e. The number of nitrogens with one attached hydrogen (secondary N) is 1. The number of thioether (sulfide) groups is 1. The maximum Gasteiger partial charge on any atom is 0.262 e. The average molecular weight is 494 g/mol. The fourth-order valence-corrected chi connectivity index (χ4v) is 5.06. The number of hydrogen-bond acceptors (Lipinski definition) is 6. The van der Waals surface area contributed by atoms with Crippen molar-refractivity contribution in [3.63, 3.8) is 0 Å². The van der Waals surface area contributed by atoms with Crippen LogP contribution in [0.4, 0.5) is 5.69 Å². The van der Waals surface area contributed by atoms with Gasteiger partial charge >= 0.3 is 0 Å². The van der Waals surface area contributed by atoms with E-state index in [1.165, 1.54) is 11.8 Å². The van der Waals surface area contributed by atoms with E-state index in [-0.39, 0.29) is 11.3 Å². The molecule has 7 nitrogen and oxygen atoms in total. The molecular formula is C25H23N3O4S2. The lowest BCUT2D eigenvalue weighted by Gasteiger charge is -2.16. The van der Waals surface area contributed by atoms with Crippen LogP contribution < -0.4 is 10.3 Å². The van der Waals surface area contributed by atoms with Crippen molar-refractivity contribution in [1.29, 1.82) is 0 Å². The highest BCUT2D eigenvalue weighted by atomic mass is 32.2. The van der Waals surface area contributed by atoms with E-state index < -0.39 is 15.3 Å². The number of rotatable bonds is 8. The van der Waals surface area contributed by atoms with Gasteiger partial charge in [0.1, 0.15) is 0 Å². The fraction of sp³-hybridized carbons (Fsp3) is 0.160. The Labute approximate surface area is 201 Å². The third-order valence-corrected chi connectivity index (χ3v) is 6.83. The van der Waals surface area contributed by atoms with E-state index >= 15 is 0 Å². The van der Waals surface area contributed by atoms with Crippen molar-refractivity contribution in [3.05, 3.63) is 100 Å². The first-order chi connectivity index (χ1) is 16.2. The van der Waals surface area contributed by atoms with Crippen LogP contribution in [0.3, 0.4) is 0 Å². The summed E-state index contributed by atoms with van der Waals surface area (Å²) in [5, 5.41) is 0.461. The molecule has 4 rings (SSSR count). The number of fused-ring (bicyclic) bond motifs is 1. The monoisotopic (exact) mass is 493 g/mol. The first kappa shape index (κ1) is 23.7. The number of sulfonamides is 1. The number of ketones is 1. The van der Waals surface area contributed by atoms with Crippen molar-refractivity contribution in [1.82, 2.24) is 9.55 Å². The summed E-state index contributed by atoms with van der Waals surface area (Å²) in [5.74, 6) is -0.149. The van der Waals surface area contributed by atoms with Gasteiger partial charge in [-0.15, -0.1) is 0 Å². The Morgan fingerprint density at radius 2 is 1.65 bits per heavy atom. The topological polar surface area (TPSA) is 98.1 Å². The number of nitrogens with zero attached hydrogens (tertiary/aromatic N) is 2. The van der Waals surface area contributed by atoms with Crippen LogP contribution in [0, 0.1) is 0 Å². The van der Waals surface area contributed by atoms with Crippen LogP contribution >= 0.6 is 11.8 Å². The molecule has 0 saturated heterocycles. The number of para-hydroxylation sites is 1. The van der Waals surface area contributed by atoms with Crippen molar-refractivity contribution < 1.29 is 13.2 Å². The van der Waals surface area contributed by atoms with E-state index in [0.717, 1.165) is 11.8 Å². The molecule has 0 amide bonds. The van der Waals surface area contributed by atoms with Crippen molar-refractivity contribution in [2.45, 2.75) is 23.9 Å². The van der Waals surface area contributed by atoms with Gasteiger partial charge < -0.3 is 0 Å². The number of benzene rings is 3. The highest BCUT2D eigenvalue weighted by Crippen LogP contribution is 2.26. The van der Waals surface area contributed by atoms with Gasteiger partial charge in [-0.1, -0.05) is 54.2 Å². The second-order valence-corrected chi connectivity index (χ2v) is 10.9. The second kappa shape index (κ2) is 9.82. The fourth-order valence-electron chi connectivity index (χ4n) is 3.51. The molecule has 0 aliphatic carbocycles. The molecule has 174 valence electrons. The third kappa shape index (κ3) is 5.55. The highest BCUT2D eigenvalue weighted by Gasteiger charge is 2.21. The largest absolute Gasteiger partial charge is 0.293 e. The summed E-state index contributed by atoms with van der Waals surface area (Å²) < 4.78 is 26.8. The maximum atomic E-state index is 13.3. The molecule has 9 heteroatoms. The standard InChI is InChI=1S/C25H23N3O4S2/c1-17(23(29)19-12-14-20(15-13-19)27-34(2,31)32)33-25-26-22-11-7-6-10-21(22)24(30)28(25)16-18-8-4-3-5-9-18/h3-15,17,27H,16H2,1-2H3. The quantitative estimate of drug-likeness (QED) is 0.225. The molecule has 0 bridgehead atoms. The van der Waals surface area contributed by atoms with Gasteiger partial charge in [0.2, 0.25) is 10.0 Å². The van der Waals surface area contributed by atoms with E-state index in [2.05, 4.69) is 4.72 Å². The molecule has 1 N–H and O–H groups in total. The van der Waals surface area contributed by atoms with Crippen LogP contribution in [0.15, 0.2) is 88.8 Å². The summed E-state index contributed by atoms with van der Waals surface area (Å²) in [6.45, 7) is 2.11. The average Bonchev–Trinajstić information content (AvgIpc) is 2.81. The normalized spacial score (nSPS) is 12.4. The van der Waals surface area contributed by atoms with E-state index in [9.17, 15) is 18.0 Å². The van der Waals surface area contributed by atoms with Crippen LogP contribution in [0.5, 0.6) is 0 Å². The first-order valence-electron chi connectivity index (χ1n) is 10.5. The summed E-state index contributed by atoms with van der Waals surface area (Å²) in [7, 11) is -3.40. The maximum absolute atomic E-state index is 13.3. The molecular weight excluding hydrogens is 470 g/mol. The molecule has 0 fully saturated rings. The molecule has 0 saturated carbocycles. The lowest BCUT2D eigenvalue weighted by Crippen LogP contribution is -2.25.